The van der Waals surface area contributed by atoms with Crippen LogP contribution in [0.25, 0.3) is 0 Å². The Morgan fingerprint density at radius 1 is 0.784 bits per heavy atom. The highest BCUT2D eigenvalue weighted by atomic mass is 28.3. The first-order chi connectivity index (χ1) is 16.7. The molecular weight excluding hydrogens is 501 g/mol. The van der Waals surface area contributed by atoms with Crippen LogP contribution in [0.1, 0.15) is 74.8 Å². The molecule has 0 aliphatic carbocycles. The van der Waals surface area contributed by atoms with Gasteiger partial charge in [-0.3, -0.25) is 9.59 Å². The standard InChI is InChI=1S/C27H37F3N2O4Si/c1-16(2)37(17(3)4,24-31-12-11-13-32-24)21-19(35-22(33)25(5,6)7)14-18(27(28,29)30)15-20(21)36-23(34)26(8,9)10/h11-17H,1-10H3. The molecule has 37 heavy (non-hydrogen) atoms. The van der Waals surface area contributed by atoms with Gasteiger partial charge in [0.25, 0.3) is 0 Å². The maximum absolute atomic E-state index is 14.1. The molecule has 0 bridgehead atoms. The summed E-state index contributed by atoms with van der Waals surface area (Å²) in [7, 11) is -3.27. The molecule has 0 radical (unpaired) electrons. The van der Waals surface area contributed by atoms with E-state index in [1.54, 1.807) is 60.0 Å². The van der Waals surface area contributed by atoms with E-state index in [4.69, 9.17) is 9.47 Å². The van der Waals surface area contributed by atoms with Crippen molar-refractivity contribution in [2.45, 2.75) is 86.5 Å². The molecule has 6 nitrogen and oxygen atoms in total. The van der Waals surface area contributed by atoms with Crippen molar-refractivity contribution in [1.82, 2.24) is 9.97 Å². The SMILES string of the molecule is CC(C)[Si](c1ncccn1)(c1c(OC(=O)C(C)(C)C)cc(C(F)(F)F)cc1OC(=O)C(C)(C)C)C(C)C. The summed E-state index contributed by atoms with van der Waals surface area (Å²) in [6.45, 7) is 17.4. The number of rotatable bonds is 6. The zero-order valence-electron chi connectivity index (χ0n) is 23.2. The molecule has 0 fully saturated rings. The Kier molecular flexibility index (Phi) is 8.69. The van der Waals surface area contributed by atoms with Gasteiger partial charge in [-0.1, -0.05) is 27.7 Å². The van der Waals surface area contributed by atoms with Gasteiger partial charge in [0.05, 0.1) is 16.4 Å². The Morgan fingerprint density at radius 3 is 1.46 bits per heavy atom. The first-order valence-corrected chi connectivity index (χ1v) is 14.4. The lowest BCUT2D eigenvalue weighted by molar-refractivity contribution is -0.144. The average Bonchev–Trinajstić information content (AvgIpc) is 2.73. The molecule has 10 heteroatoms. The molecule has 0 atom stereocenters. The van der Waals surface area contributed by atoms with Gasteiger partial charge in [0, 0.05) is 17.6 Å². The number of benzene rings is 1. The summed E-state index contributed by atoms with van der Waals surface area (Å²) in [6, 6.07) is 3.29. The van der Waals surface area contributed by atoms with E-state index < -0.39 is 42.6 Å². The van der Waals surface area contributed by atoms with Gasteiger partial charge in [0.1, 0.15) is 16.9 Å². The Bertz CT molecular complexity index is 1080. The molecule has 1 aromatic carbocycles. The van der Waals surface area contributed by atoms with Crippen molar-refractivity contribution >= 4 is 30.6 Å². The number of nitrogens with zero attached hydrogens (tertiary/aromatic N) is 2. The Balaban J connectivity index is 3.13. The van der Waals surface area contributed by atoms with E-state index in [0.717, 1.165) is 12.1 Å². The summed E-state index contributed by atoms with van der Waals surface area (Å²) in [4.78, 5) is 35.1. The molecule has 0 unspecified atom stereocenters. The normalized spacial score (nSPS) is 13.2. The minimum atomic E-state index is -4.78. The van der Waals surface area contributed by atoms with Crippen LogP contribution in [-0.2, 0) is 15.8 Å². The van der Waals surface area contributed by atoms with Crippen LogP contribution in [-0.4, -0.2) is 30.0 Å². The van der Waals surface area contributed by atoms with Crippen molar-refractivity contribution in [3.8, 4) is 11.5 Å². The maximum Gasteiger partial charge on any atom is 0.416 e. The molecule has 0 amide bonds. The molecule has 0 saturated heterocycles. The number of carbonyl (C=O) groups excluding carboxylic acids is 2. The fourth-order valence-corrected chi connectivity index (χ4v) is 9.60. The lowest BCUT2D eigenvalue weighted by Gasteiger charge is -2.40. The molecular formula is C27H37F3N2O4Si. The predicted octanol–water partition coefficient (Wildman–Crippen LogP) is 5.78. The van der Waals surface area contributed by atoms with Crippen molar-refractivity contribution in [1.29, 1.82) is 0 Å². The van der Waals surface area contributed by atoms with Crippen LogP contribution in [0.4, 0.5) is 13.2 Å². The third-order valence-electron chi connectivity index (χ3n) is 6.19. The van der Waals surface area contributed by atoms with Crippen LogP contribution in [0.15, 0.2) is 30.6 Å². The molecule has 0 aliphatic heterocycles. The van der Waals surface area contributed by atoms with Crippen molar-refractivity contribution in [2.24, 2.45) is 10.8 Å². The van der Waals surface area contributed by atoms with E-state index in [1.807, 2.05) is 27.7 Å². The number of hydrogen-bond donors (Lipinski definition) is 0. The van der Waals surface area contributed by atoms with Gasteiger partial charge in [-0.25, -0.2) is 9.97 Å². The van der Waals surface area contributed by atoms with Crippen molar-refractivity contribution < 1.29 is 32.2 Å². The third-order valence-corrected chi connectivity index (χ3v) is 12.2. The number of halogens is 3. The zero-order valence-corrected chi connectivity index (χ0v) is 24.2. The fourth-order valence-electron chi connectivity index (χ4n) is 4.21. The Morgan fingerprint density at radius 2 is 1.16 bits per heavy atom. The monoisotopic (exact) mass is 538 g/mol. The largest absolute Gasteiger partial charge is 0.426 e. The lowest BCUT2D eigenvalue weighted by atomic mass is 9.97. The van der Waals surface area contributed by atoms with Crippen molar-refractivity contribution in [3.63, 3.8) is 0 Å². The Hall–Kier alpha value is -2.75. The summed E-state index contributed by atoms with van der Waals surface area (Å²) in [5.41, 5.74) is -3.00. The van der Waals surface area contributed by atoms with Gasteiger partial charge >= 0.3 is 18.1 Å². The second-order valence-electron chi connectivity index (χ2n) is 11.9. The van der Waals surface area contributed by atoms with Crippen LogP contribution in [0.2, 0.25) is 11.1 Å². The first-order valence-electron chi connectivity index (χ1n) is 12.2. The van der Waals surface area contributed by atoms with E-state index in [2.05, 4.69) is 9.97 Å². The van der Waals surface area contributed by atoms with Crippen LogP contribution in [0.5, 0.6) is 11.5 Å². The summed E-state index contributed by atoms with van der Waals surface area (Å²) in [5, 5.41) is 0.256. The summed E-state index contributed by atoms with van der Waals surface area (Å²) >= 11 is 0. The van der Waals surface area contributed by atoms with Crippen LogP contribution in [0.3, 0.4) is 0 Å². The highest BCUT2D eigenvalue weighted by Crippen LogP contribution is 2.41. The van der Waals surface area contributed by atoms with Gasteiger partial charge in [-0.05, 0) is 70.8 Å². The number of alkyl halides is 3. The average molecular weight is 539 g/mol. The van der Waals surface area contributed by atoms with Crippen LogP contribution in [0, 0.1) is 10.8 Å². The predicted molar refractivity (Wildman–Crippen MR) is 139 cm³/mol. The highest BCUT2D eigenvalue weighted by Gasteiger charge is 2.52. The fraction of sp³-hybridized carbons (Fsp3) is 0.556. The molecule has 0 saturated carbocycles. The quantitative estimate of drug-likeness (QED) is 0.264. The summed E-state index contributed by atoms with van der Waals surface area (Å²) in [5.74, 6) is -2.00. The minimum Gasteiger partial charge on any atom is -0.426 e. The van der Waals surface area contributed by atoms with E-state index in [9.17, 15) is 22.8 Å². The topological polar surface area (TPSA) is 78.4 Å². The van der Waals surface area contributed by atoms with Gasteiger partial charge < -0.3 is 9.47 Å². The first kappa shape index (κ1) is 30.5. The number of esters is 2. The van der Waals surface area contributed by atoms with Gasteiger partial charge in [-0.2, -0.15) is 13.2 Å². The third kappa shape index (κ3) is 6.39. The molecule has 1 aromatic heterocycles. The molecule has 0 aliphatic rings. The number of hydrogen-bond acceptors (Lipinski definition) is 6. The van der Waals surface area contributed by atoms with Crippen LogP contribution >= 0.6 is 0 Å². The molecule has 0 spiro atoms. The highest BCUT2D eigenvalue weighted by molar-refractivity contribution is 7.04. The summed E-state index contributed by atoms with van der Waals surface area (Å²) in [6.07, 6.45) is -1.64. The number of carbonyl (C=O) groups is 2. The molecule has 1 heterocycles. The van der Waals surface area contributed by atoms with Crippen molar-refractivity contribution in [3.05, 3.63) is 36.2 Å². The molecule has 204 valence electrons. The summed E-state index contributed by atoms with van der Waals surface area (Å²) < 4.78 is 53.7. The smallest absolute Gasteiger partial charge is 0.416 e. The van der Waals surface area contributed by atoms with E-state index in [0.29, 0.717) is 5.45 Å². The van der Waals surface area contributed by atoms with E-state index in [-0.39, 0.29) is 27.8 Å². The minimum absolute atomic E-state index is 0.175. The van der Waals surface area contributed by atoms with E-state index in [1.165, 1.54) is 0 Å². The molecule has 2 aromatic rings. The number of ether oxygens (including phenoxy) is 2. The van der Waals surface area contributed by atoms with Crippen LogP contribution < -0.4 is 20.1 Å². The maximum atomic E-state index is 14.1. The number of aromatic nitrogens is 2. The van der Waals surface area contributed by atoms with Gasteiger partial charge in [0.2, 0.25) is 0 Å². The van der Waals surface area contributed by atoms with Gasteiger partial charge in [-0.15, -0.1) is 0 Å². The van der Waals surface area contributed by atoms with E-state index >= 15 is 0 Å². The zero-order chi connectivity index (χ0) is 28.6. The molecule has 0 N–H and O–H groups in total. The lowest BCUT2D eigenvalue weighted by Crippen LogP contribution is -2.65. The second-order valence-corrected chi connectivity index (χ2v) is 16.9. The van der Waals surface area contributed by atoms with Gasteiger partial charge in [0.15, 0.2) is 8.07 Å². The van der Waals surface area contributed by atoms with Crippen molar-refractivity contribution in [2.75, 3.05) is 0 Å². The Labute approximate surface area is 218 Å². The molecule has 2 rings (SSSR count). The second kappa shape index (κ2) is 10.5.